The van der Waals surface area contributed by atoms with Crippen LogP contribution in [0.5, 0.6) is 0 Å². The molecule has 2 rings (SSSR count). The first-order valence-electron chi connectivity index (χ1n) is 5.69. The van der Waals surface area contributed by atoms with Gasteiger partial charge in [0.1, 0.15) is 10.6 Å². The molecule has 5 heteroatoms. The first-order chi connectivity index (χ1) is 8.20. The van der Waals surface area contributed by atoms with Crippen LogP contribution in [-0.4, -0.2) is 35.4 Å². The normalized spacial score (nSPS) is 17.1. The van der Waals surface area contributed by atoms with E-state index in [0.717, 1.165) is 12.3 Å². The molecule has 1 heterocycles. The summed E-state index contributed by atoms with van der Waals surface area (Å²) in [6.07, 6.45) is 4.07. The summed E-state index contributed by atoms with van der Waals surface area (Å²) in [4.78, 5) is 13.4. The van der Waals surface area contributed by atoms with Gasteiger partial charge in [0.05, 0.1) is 19.9 Å². The van der Waals surface area contributed by atoms with E-state index in [-0.39, 0.29) is 10.8 Å². The number of halogens is 1. The van der Waals surface area contributed by atoms with Gasteiger partial charge in [0.2, 0.25) is 0 Å². The van der Waals surface area contributed by atoms with E-state index in [2.05, 4.69) is 20.8 Å². The predicted octanol–water partition coefficient (Wildman–Crippen LogP) is 2.18. The molecule has 0 saturated heterocycles. The van der Waals surface area contributed by atoms with E-state index in [1.807, 2.05) is 12.1 Å². The Hall–Kier alpha value is -0.810. The molecule has 1 fully saturated rings. The average molecular weight is 302 g/mol. The van der Waals surface area contributed by atoms with Crippen molar-refractivity contribution >= 4 is 21.9 Å². The Morgan fingerprint density at radius 3 is 3.00 bits per heavy atom. The van der Waals surface area contributed by atoms with Crippen molar-refractivity contribution in [2.75, 3.05) is 13.7 Å². The number of hydrogen-bond acceptors (Lipinski definition) is 4. The van der Waals surface area contributed by atoms with Crippen molar-refractivity contribution in [2.24, 2.45) is 0 Å². The fraction of sp³-hybridized carbons (Fsp3) is 0.583. The number of hydrogen-bond donors (Lipinski definition) is 0. The molecule has 4 nitrogen and oxygen atoms in total. The van der Waals surface area contributed by atoms with E-state index < -0.39 is 0 Å². The van der Waals surface area contributed by atoms with Gasteiger partial charge in [0.15, 0.2) is 0 Å². The van der Waals surface area contributed by atoms with Crippen molar-refractivity contribution in [3.8, 4) is 0 Å². The smallest absolute Gasteiger partial charge is 0.320 e. The number of ether oxygens (including phenoxy) is 1. The number of carbonyl (C=O) groups is 1. The molecule has 94 valence electrons. The molecule has 0 N–H and O–H groups in total. The van der Waals surface area contributed by atoms with Gasteiger partial charge in [0, 0.05) is 12.6 Å². The summed E-state index contributed by atoms with van der Waals surface area (Å²) in [6.45, 7) is 1.40. The number of furan rings is 1. The van der Waals surface area contributed by atoms with Crippen molar-refractivity contribution in [3.05, 3.63) is 24.2 Å². The van der Waals surface area contributed by atoms with E-state index in [1.165, 1.54) is 20.0 Å². The van der Waals surface area contributed by atoms with Crippen LogP contribution >= 0.6 is 15.9 Å². The second-order valence-electron chi connectivity index (χ2n) is 4.23. The largest absolute Gasteiger partial charge is 0.468 e. The van der Waals surface area contributed by atoms with Gasteiger partial charge in [-0.3, -0.25) is 9.69 Å². The van der Waals surface area contributed by atoms with Gasteiger partial charge in [-0.2, -0.15) is 0 Å². The minimum Gasteiger partial charge on any atom is -0.468 e. The van der Waals surface area contributed by atoms with Crippen LogP contribution in [0.2, 0.25) is 0 Å². The van der Waals surface area contributed by atoms with E-state index in [1.54, 1.807) is 6.26 Å². The van der Waals surface area contributed by atoms with Gasteiger partial charge in [0.25, 0.3) is 0 Å². The second-order valence-corrected chi connectivity index (χ2v) is 5.34. The average Bonchev–Trinajstić information content (AvgIpc) is 3.06. The van der Waals surface area contributed by atoms with Gasteiger partial charge < -0.3 is 9.15 Å². The van der Waals surface area contributed by atoms with Crippen LogP contribution in [0.1, 0.15) is 18.6 Å². The van der Waals surface area contributed by atoms with E-state index in [4.69, 9.17) is 9.15 Å². The maximum atomic E-state index is 11.4. The lowest BCUT2D eigenvalue weighted by atomic mass is 10.3. The maximum Gasteiger partial charge on any atom is 0.320 e. The monoisotopic (exact) mass is 301 g/mol. The lowest BCUT2D eigenvalue weighted by Crippen LogP contribution is -2.35. The van der Waals surface area contributed by atoms with Crippen LogP contribution in [0, 0.1) is 0 Å². The minimum atomic E-state index is -0.275. The molecular weight excluding hydrogens is 286 g/mol. The summed E-state index contributed by atoms with van der Waals surface area (Å²) in [5, 5.41) is 0. The van der Waals surface area contributed by atoms with Crippen molar-refractivity contribution in [3.63, 3.8) is 0 Å². The molecule has 0 aromatic carbocycles. The van der Waals surface area contributed by atoms with Crippen LogP contribution in [0.15, 0.2) is 22.8 Å². The standard InChI is InChI=1S/C12H16BrNO3/c1-16-12(15)11(13)8-14(9-4-5-9)7-10-3-2-6-17-10/h2-3,6,9,11H,4-5,7-8H2,1H3. The fourth-order valence-corrected chi connectivity index (χ4v) is 2.35. The molecule has 1 aliphatic rings. The predicted molar refractivity (Wildman–Crippen MR) is 66.9 cm³/mol. The Kier molecular flexibility index (Phi) is 4.23. The molecule has 0 amide bonds. The van der Waals surface area contributed by atoms with Crippen LogP contribution in [0.4, 0.5) is 0 Å². The number of carbonyl (C=O) groups excluding carboxylic acids is 1. The SMILES string of the molecule is COC(=O)C(Br)CN(Cc1ccco1)C1CC1. The van der Waals surface area contributed by atoms with Gasteiger partial charge in [-0.25, -0.2) is 0 Å². The second kappa shape index (κ2) is 5.69. The summed E-state index contributed by atoms with van der Waals surface area (Å²) in [5.74, 6) is 0.705. The highest BCUT2D eigenvalue weighted by molar-refractivity contribution is 9.10. The van der Waals surface area contributed by atoms with Crippen molar-refractivity contribution < 1.29 is 13.9 Å². The Bertz CT molecular complexity index is 362. The molecule has 0 radical (unpaired) electrons. The first-order valence-corrected chi connectivity index (χ1v) is 6.60. The Labute approximate surface area is 109 Å². The summed E-state index contributed by atoms with van der Waals surface area (Å²) < 4.78 is 10.0. The molecule has 1 saturated carbocycles. The zero-order valence-corrected chi connectivity index (χ0v) is 11.4. The summed E-state index contributed by atoms with van der Waals surface area (Å²) in [6, 6.07) is 4.41. The zero-order chi connectivity index (χ0) is 12.3. The third kappa shape index (κ3) is 3.57. The lowest BCUT2D eigenvalue weighted by Gasteiger charge is -2.22. The number of methoxy groups -OCH3 is 1. The number of rotatable bonds is 6. The molecule has 1 atom stereocenters. The summed E-state index contributed by atoms with van der Waals surface area (Å²) in [7, 11) is 1.41. The lowest BCUT2D eigenvalue weighted by molar-refractivity contribution is -0.140. The van der Waals surface area contributed by atoms with Gasteiger partial charge in [-0.15, -0.1) is 0 Å². The number of esters is 1. The molecule has 1 unspecified atom stereocenters. The third-order valence-electron chi connectivity index (χ3n) is 2.85. The minimum absolute atomic E-state index is 0.227. The maximum absolute atomic E-state index is 11.4. The Morgan fingerprint density at radius 1 is 1.71 bits per heavy atom. The highest BCUT2D eigenvalue weighted by atomic mass is 79.9. The van der Waals surface area contributed by atoms with E-state index in [9.17, 15) is 4.79 Å². The van der Waals surface area contributed by atoms with Crippen molar-refractivity contribution in [2.45, 2.75) is 30.3 Å². The molecule has 1 aromatic rings. The van der Waals surface area contributed by atoms with Gasteiger partial charge >= 0.3 is 5.97 Å². The van der Waals surface area contributed by atoms with Crippen molar-refractivity contribution in [1.29, 1.82) is 0 Å². The van der Waals surface area contributed by atoms with Gasteiger partial charge in [-0.05, 0) is 25.0 Å². The molecule has 0 spiro atoms. The fourth-order valence-electron chi connectivity index (χ4n) is 1.79. The number of alkyl halides is 1. The van der Waals surface area contributed by atoms with E-state index in [0.29, 0.717) is 12.6 Å². The van der Waals surface area contributed by atoms with Crippen LogP contribution in [0.25, 0.3) is 0 Å². The van der Waals surface area contributed by atoms with Gasteiger partial charge in [-0.1, -0.05) is 15.9 Å². The van der Waals surface area contributed by atoms with E-state index >= 15 is 0 Å². The van der Waals surface area contributed by atoms with Crippen LogP contribution < -0.4 is 0 Å². The topological polar surface area (TPSA) is 42.7 Å². The van der Waals surface area contributed by atoms with Crippen LogP contribution in [0.3, 0.4) is 0 Å². The molecule has 17 heavy (non-hydrogen) atoms. The molecule has 0 aliphatic heterocycles. The highest BCUT2D eigenvalue weighted by Crippen LogP contribution is 2.29. The molecule has 1 aromatic heterocycles. The Morgan fingerprint density at radius 2 is 2.47 bits per heavy atom. The molecule has 1 aliphatic carbocycles. The quantitative estimate of drug-likeness (QED) is 0.597. The van der Waals surface area contributed by atoms with Crippen LogP contribution in [-0.2, 0) is 16.1 Å². The highest BCUT2D eigenvalue weighted by Gasteiger charge is 2.32. The molecular formula is C12H16BrNO3. The summed E-state index contributed by atoms with van der Waals surface area (Å²) >= 11 is 3.36. The molecule has 0 bridgehead atoms. The zero-order valence-electron chi connectivity index (χ0n) is 9.77. The summed E-state index contributed by atoms with van der Waals surface area (Å²) in [5.41, 5.74) is 0. The third-order valence-corrected chi connectivity index (χ3v) is 3.52. The number of nitrogens with zero attached hydrogens (tertiary/aromatic N) is 1. The van der Waals surface area contributed by atoms with Crippen molar-refractivity contribution in [1.82, 2.24) is 4.90 Å². The Balaban J connectivity index is 1.91. The first kappa shape index (κ1) is 12.6.